The van der Waals surface area contributed by atoms with Crippen LogP contribution in [-0.2, 0) is 6.54 Å². The van der Waals surface area contributed by atoms with E-state index in [1.807, 2.05) is 24.5 Å². The highest BCUT2D eigenvalue weighted by atomic mass is 19.1. The maximum absolute atomic E-state index is 14.6. The summed E-state index contributed by atoms with van der Waals surface area (Å²) in [6.45, 7) is 1.90. The van der Waals surface area contributed by atoms with E-state index in [0.29, 0.717) is 5.56 Å². The predicted molar refractivity (Wildman–Crippen MR) is 153 cm³/mol. The standard InChI is InChI=1S/C32H29FN6/c33-28-8-4-3-7-24(28)27-18-36-19-31-25(27)13-30(37-31)32-26-12-22(9-10-29(26)38-39-32)23-11-21(16-35-17-23)15-34-14-20-5-1-2-6-20/h3-4,7-13,16-20,34,37H,1-2,5-6,14-15H2,(H,38,39). The van der Waals surface area contributed by atoms with Gasteiger partial charge in [-0.1, -0.05) is 37.1 Å². The minimum Gasteiger partial charge on any atom is -0.352 e. The van der Waals surface area contributed by atoms with Crippen molar-refractivity contribution in [3.05, 3.63) is 90.8 Å². The SMILES string of the molecule is Fc1ccccc1-c1cncc2[nH]c(-c3n[nH]c4ccc(-c5cncc(CNCC6CCCC6)c5)cc34)cc12. The highest BCUT2D eigenvalue weighted by Crippen LogP contribution is 2.35. The van der Waals surface area contributed by atoms with Crippen LogP contribution in [0.3, 0.4) is 0 Å². The first kappa shape index (κ1) is 23.7. The normalized spacial score (nSPS) is 14.1. The number of hydrogen-bond donors (Lipinski definition) is 3. The first-order valence-electron chi connectivity index (χ1n) is 13.6. The van der Waals surface area contributed by atoms with E-state index in [2.05, 4.69) is 54.7 Å². The van der Waals surface area contributed by atoms with Crippen LogP contribution in [0.25, 0.3) is 55.4 Å². The molecule has 6 nitrogen and oxygen atoms in total. The molecule has 6 aromatic rings. The summed E-state index contributed by atoms with van der Waals surface area (Å²) >= 11 is 0. The van der Waals surface area contributed by atoms with E-state index in [4.69, 9.17) is 0 Å². The average molecular weight is 517 g/mol. The third-order valence-electron chi connectivity index (χ3n) is 7.89. The second-order valence-electron chi connectivity index (χ2n) is 10.5. The molecule has 7 rings (SSSR count). The van der Waals surface area contributed by atoms with Crippen LogP contribution in [-0.4, -0.2) is 31.7 Å². The first-order chi connectivity index (χ1) is 19.2. The van der Waals surface area contributed by atoms with Crippen molar-refractivity contribution in [3.8, 4) is 33.6 Å². The van der Waals surface area contributed by atoms with E-state index in [-0.39, 0.29) is 5.82 Å². The number of pyridine rings is 2. The van der Waals surface area contributed by atoms with Crippen molar-refractivity contribution >= 4 is 21.8 Å². The molecule has 1 fully saturated rings. The molecular weight excluding hydrogens is 487 g/mol. The van der Waals surface area contributed by atoms with E-state index in [1.165, 1.54) is 37.3 Å². The van der Waals surface area contributed by atoms with Crippen molar-refractivity contribution in [2.75, 3.05) is 6.54 Å². The number of rotatable bonds is 7. The van der Waals surface area contributed by atoms with Crippen LogP contribution in [0.15, 0.2) is 79.4 Å². The largest absolute Gasteiger partial charge is 0.352 e. The van der Waals surface area contributed by atoms with Gasteiger partial charge >= 0.3 is 0 Å². The minimum atomic E-state index is -0.269. The van der Waals surface area contributed by atoms with E-state index >= 15 is 0 Å². The summed E-state index contributed by atoms with van der Waals surface area (Å²) in [6, 6.07) is 17.3. The van der Waals surface area contributed by atoms with Crippen LogP contribution in [0.5, 0.6) is 0 Å². The fourth-order valence-electron chi connectivity index (χ4n) is 5.85. The van der Waals surface area contributed by atoms with E-state index in [1.54, 1.807) is 24.5 Å². The zero-order valence-electron chi connectivity index (χ0n) is 21.5. The molecule has 0 unspecified atom stereocenters. The third-order valence-corrected chi connectivity index (χ3v) is 7.89. The molecule has 4 heterocycles. The summed E-state index contributed by atoms with van der Waals surface area (Å²) in [5.41, 5.74) is 8.06. The van der Waals surface area contributed by atoms with Gasteiger partial charge in [0.2, 0.25) is 0 Å². The number of aromatic nitrogens is 5. The summed E-state index contributed by atoms with van der Waals surface area (Å²) in [4.78, 5) is 12.3. The molecule has 39 heavy (non-hydrogen) atoms. The van der Waals surface area contributed by atoms with Gasteiger partial charge in [0.1, 0.15) is 11.5 Å². The maximum Gasteiger partial charge on any atom is 0.131 e. The summed E-state index contributed by atoms with van der Waals surface area (Å²) < 4.78 is 14.6. The molecule has 0 aliphatic heterocycles. The zero-order chi connectivity index (χ0) is 26.2. The van der Waals surface area contributed by atoms with E-state index < -0.39 is 0 Å². The number of benzene rings is 2. The lowest BCUT2D eigenvalue weighted by molar-refractivity contribution is 0.489. The van der Waals surface area contributed by atoms with Gasteiger partial charge in [-0.3, -0.25) is 15.1 Å². The molecule has 7 heteroatoms. The highest BCUT2D eigenvalue weighted by Gasteiger charge is 2.17. The Labute approximate surface area is 225 Å². The van der Waals surface area contributed by atoms with Gasteiger partial charge in [0.05, 0.1) is 22.9 Å². The van der Waals surface area contributed by atoms with Crippen LogP contribution in [0.4, 0.5) is 4.39 Å². The molecule has 0 spiro atoms. The number of fused-ring (bicyclic) bond motifs is 2. The van der Waals surface area contributed by atoms with Gasteiger partial charge in [-0.15, -0.1) is 0 Å². The van der Waals surface area contributed by atoms with Crippen LogP contribution in [0.1, 0.15) is 31.2 Å². The van der Waals surface area contributed by atoms with Crippen molar-refractivity contribution in [2.24, 2.45) is 5.92 Å². The van der Waals surface area contributed by atoms with Gasteiger partial charge in [0.25, 0.3) is 0 Å². The zero-order valence-corrected chi connectivity index (χ0v) is 21.5. The molecule has 0 atom stereocenters. The molecule has 0 amide bonds. The Morgan fingerprint density at radius 3 is 2.59 bits per heavy atom. The van der Waals surface area contributed by atoms with Gasteiger partial charge in [0.15, 0.2) is 0 Å². The van der Waals surface area contributed by atoms with Crippen molar-refractivity contribution < 1.29 is 4.39 Å². The second kappa shape index (κ2) is 10.1. The number of hydrogen-bond acceptors (Lipinski definition) is 4. The van der Waals surface area contributed by atoms with Crippen molar-refractivity contribution in [1.82, 2.24) is 30.5 Å². The quantitative estimate of drug-likeness (QED) is 0.209. The second-order valence-corrected chi connectivity index (χ2v) is 10.5. The fraction of sp³-hybridized carbons (Fsp3) is 0.219. The Bertz CT molecular complexity index is 1780. The number of aromatic amines is 2. The van der Waals surface area contributed by atoms with Crippen LogP contribution >= 0.6 is 0 Å². The maximum atomic E-state index is 14.6. The molecule has 2 aromatic carbocycles. The predicted octanol–water partition coefficient (Wildman–Crippen LogP) is 7.25. The number of nitrogens with one attached hydrogen (secondary N) is 3. The molecule has 4 aromatic heterocycles. The Morgan fingerprint density at radius 1 is 0.821 bits per heavy atom. The third kappa shape index (κ3) is 4.59. The molecule has 0 saturated heterocycles. The molecule has 1 aliphatic carbocycles. The van der Waals surface area contributed by atoms with Gasteiger partial charge in [-0.05, 0) is 66.8 Å². The highest BCUT2D eigenvalue weighted by molar-refractivity contribution is 6.01. The Hall–Kier alpha value is -4.36. The van der Waals surface area contributed by atoms with Gasteiger partial charge < -0.3 is 10.3 Å². The number of halogens is 1. The lowest BCUT2D eigenvalue weighted by atomic mass is 10.0. The lowest BCUT2D eigenvalue weighted by Crippen LogP contribution is -2.20. The summed E-state index contributed by atoms with van der Waals surface area (Å²) in [5.74, 6) is 0.542. The minimum absolute atomic E-state index is 0.269. The molecule has 1 saturated carbocycles. The summed E-state index contributed by atoms with van der Waals surface area (Å²) in [6.07, 6.45) is 12.7. The van der Waals surface area contributed by atoms with Gasteiger partial charge in [-0.2, -0.15) is 5.10 Å². The van der Waals surface area contributed by atoms with Crippen molar-refractivity contribution in [2.45, 2.75) is 32.2 Å². The van der Waals surface area contributed by atoms with Crippen LogP contribution < -0.4 is 5.32 Å². The summed E-state index contributed by atoms with van der Waals surface area (Å²) in [5, 5.41) is 13.3. The van der Waals surface area contributed by atoms with E-state index in [0.717, 1.165) is 68.9 Å². The summed E-state index contributed by atoms with van der Waals surface area (Å²) in [7, 11) is 0. The topological polar surface area (TPSA) is 82.3 Å². The molecule has 3 N–H and O–H groups in total. The Morgan fingerprint density at radius 2 is 1.69 bits per heavy atom. The first-order valence-corrected chi connectivity index (χ1v) is 13.6. The van der Waals surface area contributed by atoms with Gasteiger partial charge in [-0.25, -0.2) is 4.39 Å². The lowest BCUT2D eigenvalue weighted by Gasteiger charge is -2.11. The molecular formula is C32H29FN6. The fourth-order valence-corrected chi connectivity index (χ4v) is 5.85. The molecule has 194 valence electrons. The van der Waals surface area contributed by atoms with Gasteiger partial charge in [0, 0.05) is 52.6 Å². The van der Waals surface area contributed by atoms with Crippen LogP contribution in [0, 0.1) is 11.7 Å². The molecule has 1 aliphatic rings. The Balaban J connectivity index is 1.21. The molecule has 0 radical (unpaired) electrons. The monoisotopic (exact) mass is 516 g/mol. The number of H-pyrrole nitrogens is 2. The Kier molecular flexibility index (Phi) is 6.13. The van der Waals surface area contributed by atoms with Crippen molar-refractivity contribution in [1.29, 1.82) is 0 Å². The van der Waals surface area contributed by atoms with E-state index in [9.17, 15) is 4.39 Å². The van der Waals surface area contributed by atoms with Crippen LogP contribution in [0.2, 0.25) is 0 Å². The average Bonchev–Trinajstić information content (AvgIpc) is 3.73. The number of nitrogens with zero attached hydrogens (tertiary/aromatic N) is 3. The smallest absolute Gasteiger partial charge is 0.131 e. The molecule has 0 bridgehead atoms. The van der Waals surface area contributed by atoms with Crippen molar-refractivity contribution in [3.63, 3.8) is 0 Å².